The Bertz CT molecular complexity index is 767. The number of hydrogen-bond donors (Lipinski definition) is 3. The van der Waals surface area contributed by atoms with Crippen molar-refractivity contribution in [2.75, 3.05) is 17.7 Å². The Morgan fingerprint density at radius 1 is 1.25 bits per heavy atom. The average molecular weight is 333 g/mol. The molecule has 2 aromatic heterocycles. The van der Waals surface area contributed by atoms with E-state index in [4.69, 9.17) is 0 Å². The van der Waals surface area contributed by atoms with Gasteiger partial charge < -0.3 is 10.6 Å². The first-order valence-electron chi connectivity index (χ1n) is 6.10. The fraction of sp³-hybridized carbons (Fsp3) is 0.154. The molecule has 6 nitrogen and oxygen atoms in total. The van der Waals surface area contributed by atoms with Crippen LogP contribution in [0.15, 0.2) is 28.9 Å². The van der Waals surface area contributed by atoms with E-state index in [2.05, 4.69) is 46.7 Å². The molecule has 7 heteroatoms. The molecule has 0 atom stereocenters. The third kappa shape index (κ3) is 2.20. The second-order valence-corrected chi connectivity index (χ2v) is 5.17. The summed E-state index contributed by atoms with van der Waals surface area (Å²) < 4.78 is 1.05. The van der Waals surface area contributed by atoms with E-state index < -0.39 is 0 Å². The van der Waals surface area contributed by atoms with Crippen molar-refractivity contribution >= 4 is 44.4 Å². The van der Waals surface area contributed by atoms with Crippen LogP contribution in [0.3, 0.4) is 0 Å². The molecule has 0 saturated carbocycles. The Kier molecular flexibility index (Phi) is 3.27. The third-order valence-corrected chi connectivity index (χ3v) is 3.91. The number of anilines is 3. The SMILES string of the molecule is CNc1nc(Nc2cccc(Br)c2C)c2cn[nH]c2n1. The normalized spacial score (nSPS) is 10.8. The summed E-state index contributed by atoms with van der Waals surface area (Å²) in [6.45, 7) is 2.04. The number of hydrogen-bond acceptors (Lipinski definition) is 5. The highest BCUT2D eigenvalue weighted by Crippen LogP contribution is 2.28. The molecule has 1 aromatic carbocycles. The summed E-state index contributed by atoms with van der Waals surface area (Å²) in [7, 11) is 1.78. The molecule has 3 aromatic rings. The van der Waals surface area contributed by atoms with Crippen LogP contribution in [0.1, 0.15) is 5.56 Å². The summed E-state index contributed by atoms with van der Waals surface area (Å²) in [6, 6.07) is 5.99. The maximum absolute atomic E-state index is 4.45. The lowest BCUT2D eigenvalue weighted by molar-refractivity contribution is 1.09. The smallest absolute Gasteiger partial charge is 0.226 e. The number of halogens is 1. The Morgan fingerprint density at radius 2 is 2.10 bits per heavy atom. The molecule has 0 spiro atoms. The van der Waals surface area contributed by atoms with Crippen molar-refractivity contribution < 1.29 is 0 Å². The lowest BCUT2D eigenvalue weighted by Gasteiger charge is -2.11. The molecule has 102 valence electrons. The zero-order chi connectivity index (χ0) is 14.1. The molecule has 2 heterocycles. The summed E-state index contributed by atoms with van der Waals surface area (Å²) in [5.41, 5.74) is 2.80. The van der Waals surface area contributed by atoms with E-state index in [0.29, 0.717) is 17.4 Å². The standard InChI is InChI=1S/C13H13BrN6/c1-7-9(14)4-3-5-10(7)17-11-8-6-16-20-12(8)19-13(15-2)18-11/h3-6H,1-2H3,(H3,15,16,17,18,19,20). The number of aromatic nitrogens is 4. The fourth-order valence-corrected chi connectivity index (χ4v) is 2.28. The highest BCUT2D eigenvalue weighted by atomic mass is 79.9. The van der Waals surface area contributed by atoms with Crippen molar-refractivity contribution in [1.82, 2.24) is 20.2 Å². The molecule has 20 heavy (non-hydrogen) atoms. The number of rotatable bonds is 3. The summed E-state index contributed by atoms with van der Waals surface area (Å²) in [5, 5.41) is 14.0. The molecule has 0 amide bonds. The molecule has 0 radical (unpaired) electrons. The number of fused-ring (bicyclic) bond motifs is 1. The average Bonchev–Trinajstić information content (AvgIpc) is 2.92. The van der Waals surface area contributed by atoms with Crippen LogP contribution in [0.25, 0.3) is 11.0 Å². The van der Waals surface area contributed by atoms with Gasteiger partial charge in [0.05, 0.1) is 11.6 Å². The molecule has 0 aliphatic carbocycles. The first-order valence-corrected chi connectivity index (χ1v) is 6.89. The van der Waals surface area contributed by atoms with E-state index in [0.717, 1.165) is 21.1 Å². The van der Waals surface area contributed by atoms with Gasteiger partial charge >= 0.3 is 0 Å². The predicted molar refractivity (Wildman–Crippen MR) is 83.4 cm³/mol. The van der Waals surface area contributed by atoms with E-state index in [1.807, 2.05) is 25.1 Å². The molecule has 0 aliphatic heterocycles. The molecule has 3 rings (SSSR count). The molecule has 0 bridgehead atoms. The van der Waals surface area contributed by atoms with E-state index >= 15 is 0 Å². The van der Waals surface area contributed by atoms with Crippen molar-refractivity contribution in [1.29, 1.82) is 0 Å². The Labute approximate surface area is 124 Å². The van der Waals surface area contributed by atoms with E-state index in [1.54, 1.807) is 13.2 Å². The van der Waals surface area contributed by atoms with Crippen LogP contribution in [-0.2, 0) is 0 Å². The highest BCUT2D eigenvalue weighted by molar-refractivity contribution is 9.10. The molecule has 0 aliphatic rings. The van der Waals surface area contributed by atoms with Gasteiger partial charge in [0.25, 0.3) is 0 Å². The number of aromatic amines is 1. The Morgan fingerprint density at radius 3 is 2.90 bits per heavy atom. The van der Waals surface area contributed by atoms with Gasteiger partial charge in [-0.1, -0.05) is 22.0 Å². The van der Waals surface area contributed by atoms with E-state index in [1.165, 1.54) is 0 Å². The molecule has 0 fully saturated rings. The van der Waals surface area contributed by atoms with Crippen LogP contribution in [0, 0.1) is 6.92 Å². The maximum Gasteiger partial charge on any atom is 0.226 e. The largest absolute Gasteiger partial charge is 0.357 e. The van der Waals surface area contributed by atoms with Crippen LogP contribution in [0.2, 0.25) is 0 Å². The van der Waals surface area contributed by atoms with Crippen LogP contribution in [0.4, 0.5) is 17.5 Å². The van der Waals surface area contributed by atoms with Crippen molar-refractivity contribution in [3.63, 3.8) is 0 Å². The van der Waals surface area contributed by atoms with Gasteiger partial charge in [-0.3, -0.25) is 5.10 Å². The van der Waals surface area contributed by atoms with Crippen LogP contribution in [-0.4, -0.2) is 27.2 Å². The lowest BCUT2D eigenvalue weighted by atomic mass is 10.2. The Balaban J connectivity index is 2.10. The second kappa shape index (κ2) is 5.09. The summed E-state index contributed by atoms with van der Waals surface area (Å²) in [4.78, 5) is 8.76. The van der Waals surface area contributed by atoms with Crippen molar-refractivity contribution in [3.05, 3.63) is 34.4 Å². The number of nitrogens with zero attached hydrogens (tertiary/aromatic N) is 3. The van der Waals surface area contributed by atoms with Gasteiger partial charge in [-0.2, -0.15) is 15.1 Å². The first kappa shape index (κ1) is 12.9. The molecule has 3 N–H and O–H groups in total. The Hall–Kier alpha value is -2.15. The van der Waals surface area contributed by atoms with E-state index in [-0.39, 0.29) is 0 Å². The molecular weight excluding hydrogens is 320 g/mol. The zero-order valence-electron chi connectivity index (χ0n) is 11.0. The first-order chi connectivity index (χ1) is 9.69. The monoisotopic (exact) mass is 332 g/mol. The third-order valence-electron chi connectivity index (χ3n) is 3.05. The van der Waals surface area contributed by atoms with E-state index in [9.17, 15) is 0 Å². The topological polar surface area (TPSA) is 78.5 Å². The minimum atomic E-state index is 0.539. The summed E-state index contributed by atoms with van der Waals surface area (Å²) in [5.74, 6) is 1.26. The minimum absolute atomic E-state index is 0.539. The molecule has 0 saturated heterocycles. The fourth-order valence-electron chi connectivity index (χ4n) is 1.91. The quantitative estimate of drug-likeness (QED) is 0.686. The van der Waals surface area contributed by atoms with Crippen LogP contribution >= 0.6 is 15.9 Å². The highest BCUT2D eigenvalue weighted by Gasteiger charge is 2.10. The number of nitrogens with one attached hydrogen (secondary N) is 3. The second-order valence-electron chi connectivity index (χ2n) is 4.32. The van der Waals surface area contributed by atoms with Gasteiger partial charge in [0.2, 0.25) is 5.95 Å². The summed E-state index contributed by atoms with van der Waals surface area (Å²) in [6.07, 6.45) is 1.71. The van der Waals surface area contributed by atoms with Gasteiger partial charge in [-0.15, -0.1) is 0 Å². The van der Waals surface area contributed by atoms with Crippen LogP contribution in [0.5, 0.6) is 0 Å². The summed E-state index contributed by atoms with van der Waals surface area (Å²) >= 11 is 3.53. The zero-order valence-corrected chi connectivity index (χ0v) is 12.6. The van der Waals surface area contributed by atoms with Gasteiger partial charge in [-0.05, 0) is 24.6 Å². The number of benzene rings is 1. The molecular formula is C13H13BrN6. The van der Waals surface area contributed by atoms with Gasteiger partial charge in [-0.25, -0.2) is 0 Å². The van der Waals surface area contributed by atoms with Gasteiger partial charge in [0.1, 0.15) is 5.82 Å². The van der Waals surface area contributed by atoms with Gasteiger partial charge in [0, 0.05) is 17.2 Å². The predicted octanol–water partition coefficient (Wildman–Crippen LogP) is 3.21. The minimum Gasteiger partial charge on any atom is -0.357 e. The van der Waals surface area contributed by atoms with Crippen molar-refractivity contribution in [2.45, 2.75) is 6.92 Å². The van der Waals surface area contributed by atoms with Crippen molar-refractivity contribution in [3.8, 4) is 0 Å². The number of H-pyrrole nitrogens is 1. The lowest BCUT2D eigenvalue weighted by Crippen LogP contribution is -2.02. The van der Waals surface area contributed by atoms with Gasteiger partial charge in [0.15, 0.2) is 5.65 Å². The van der Waals surface area contributed by atoms with Crippen LogP contribution < -0.4 is 10.6 Å². The van der Waals surface area contributed by atoms with Crippen molar-refractivity contribution in [2.24, 2.45) is 0 Å². The maximum atomic E-state index is 4.45. The molecule has 0 unspecified atom stereocenters.